The summed E-state index contributed by atoms with van der Waals surface area (Å²) in [6.45, 7) is 6.25. The number of anilines is 1. The zero-order valence-electron chi connectivity index (χ0n) is 17.9. The van der Waals surface area contributed by atoms with Crippen molar-refractivity contribution in [2.45, 2.75) is 37.0 Å². The van der Waals surface area contributed by atoms with Crippen LogP contribution in [0.4, 0.5) is 5.69 Å². The van der Waals surface area contributed by atoms with E-state index in [1.165, 1.54) is 10.4 Å². The number of benzene rings is 1. The van der Waals surface area contributed by atoms with E-state index >= 15 is 0 Å². The summed E-state index contributed by atoms with van der Waals surface area (Å²) in [5.74, 6) is 0.226. The molecule has 1 amide bonds. The lowest BCUT2D eigenvalue weighted by molar-refractivity contribution is -0.123. The van der Waals surface area contributed by atoms with E-state index in [4.69, 9.17) is 14.2 Å². The Hall–Kier alpha value is -1.56. The molecule has 4 rings (SSSR count). The van der Waals surface area contributed by atoms with Gasteiger partial charge in [-0.2, -0.15) is 4.31 Å². The van der Waals surface area contributed by atoms with E-state index in [1.807, 2.05) is 6.92 Å². The molecule has 0 saturated carbocycles. The molecule has 9 nitrogen and oxygen atoms in total. The van der Waals surface area contributed by atoms with Gasteiger partial charge in [-0.25, -0.2) is 8.42 Å². The predicted octanol–water partition coefficient (Wildman–Crippen LogP) is 1.12. The first-order valence-corrected chi connectivity index (χ1v) is 12.4. The van der Waals surface area contributed by atoms with E-state index in [0.29, 0.717) is 51.1 Å². The molecule has 1 aromatic carbocycles. The first-order valence-electron chi connectivity index (χ1n) is 10.9. The Morgan fingerprint density at radius 3 is 2.42 bits per heavy atom. The van der Waals surface area contributed by atoms with Crippen LogP contribution in [0.5, 0.6) is 0 Å². The number of hydrogen-bond acceptors (Lipinski definition) is 7. The zero-order valence-corrected chi connectivity index (χ0v) is 18.7. The standard InChI is InChI=1S/C21H31N3O6S/c1-16(23-7-5-17(6-8-23)21-29-13-14-30-21)20(25)22-18-3-2-4-19(15-18)31(26,27)24-9-11-28-12-10-24/h2-4,15-17,21H,5-14H2,1H3,(H,22,25). The van der Waals surface area contributed by atoms with Crippen molar-refractivity contribution in [3.05, 3.63) is 24.3 Å². The number of carbonyl (C=O) groups is 1. The summed E-state index contributed by atoms with van der Waals surface area (Å²) in [6, 6.07) is 6.13. The zero-order chi connectivity index (χ0) is 21.8. The number of carbonyl (C=O) groups excluding carboxylic acids is 1. The molecule has 3 aliphatic heterocycles. The molecule has 0 aromatic heterocycles. The third-order valence-electron chi connectivity index (χ3n) is 6.24. The highest BCUT2D eigenvalue weighted by atomic mass is 32.2. The minimum Gasteiger partial charge on any atom is -0.379 e. The molecule has 0 spiro atoms. The van der Waals surface area contributed by atoms with Crippen LogP contribution in [-0.4, -0.2) is 88.5 Å². The van der Waals surface area contributed by atoms with Gasteiger partial charge in [0.1, 0.15) is 0 Å². The average molecular weight is 454 g/mol. The van der Waals surface area contributed by atoms with Crippen molar-refractivity contribution >= 4 is 21.6 Å². The number of sulfonamides is 1. The SMILES string of the molecule is CC(C(=O)Nc1cccc(S(=O)(=O)N2CCOCC2)c1)N1CCC(C2OCCO2)CC1. The van der Waals surface area contributed by atoms with E-state index in [1.54, 1.807) is 18.2 Å². The second-order valence-electron chi connectivity index (χ2n) is 8.19. The van der Waals surface area contributed by atoms with Crippen LogP contribution in [0.3, 0.4) is 0 Å². The third-order valence-corrected chi connectivity index (χ3v) is 8.14. The quantitative estimate of drug-likeness (QED) is 0.689. The lowest BCUT2D eigenvalue weighted by atomic mass is 9.95. The number of nitrogens with one attached hydrogen (secondary N) is 1. The van der Waals surface area contributed by atoms with Crippen LogP contribution in [-0.2, 0) is 29.0 Å². The number of morpholine rings is 1. The molecule has 0 radical (unpaired) electrons. The van der Waals surface area contributed by atoms with Crippen molar-refractivity contribution in [3.8, 4) is 0 Å². The molecule has 3 saturated heterocycles. The van der Waals surface area contributed by atoms with E-state index in [-0.39, 0.29) is 23.1 Å². The van der Waals surface area contributed by atoms with Gasteiger partial charge in [0.25, 0.3) is 0 Å². The number of nitrogens with zero attached hydrogens (tertiary/aromatic N) is 2. The average Bonchev–Trinajstić information content (AvgIpc) is 3.34. The van der Waals surface area contributed by atoms with Crippen molar-refractivity contribution < 1.29 is 27.4 Å². The topological polar surface area (TPSA) is 97.4 Å². The van der Waals surface area contributed by atoms with E-state index in [2.05, 4.69) is 10.2 Å². The molecule has 3 heterocycles. The van der Waals surface area contributed by atoms with E-state index < -0.39 is 10.0 Å². The predicted molar refractivity (Wildman–Crippen MR) is 114 cm³/mol. The number of amides is 1. The summed E-state index contributed by atoms with van der Waals surface area (Å²) >= 11 is 0. The maximum Gasteiger partial charge on any atom is 0.243 e. The molecule has 1 N–H and O–H groups in total. The normalized spacial score (nSPS) is 23.6. The van der Waals surface area contributed by atoms with Gasteiger partial charge in [-0.15, -0.1) is 0 Å². The van der Waals surface area contributed by atoms with Crippen LogP contribution in [0.15, 0.2) is 29.2 Å². The van der Waals surface area contributed by atoms with Crippen LogP contribution >= 0.6 is 0 Å². The Morgan fingerprint density at radius 2 is 1.74 bits per heavy atom. The molecule has 1 aromatic rings. The monoisotopic (exact) mass is 453 g/mol. The van der Waals surface area contributed by atoms with Gasteiger partial charge in [-0.05, 0) is 51.1 Å². The first-order chi connectivity index (χ1) is 14.9. The molecule has 31 heavy (non-hydrogen) atoms. The van der Waals surface area contributed by atoms with Crippen LogP contribution in [0.2, 0.25) is 0 Å². The van der Waals surface area contributed by atoms with Crippen molar-refractivity contribution in [1.29, 1.82) is 0 Å². The molecule has 3 aliphatic rings. The molecule has 3 fully saturated rings. The number of ether oxygens (including phenoxy) is 3. The molecule has 0 aliphatic carbocycles. The lowest BCUT2D eigenvalue weighted by Crippen LogP contribution is -2.47. The largest absolute Gasteiger partial charge is 0.379 e. The van der Waals surface area contributed by atoms with Crippen LogP contribution in [0.1, 0.15) is 19.8 Å². The molecule has 0 bridgehead atoms. The van der Waals surface area contributed by atoms with Gasteiger partial charge < -0.3 is 19.5 Å². The Kier molecular flexibility index (Phi) is 7.25. The first kappa shape index (κ1) is 22.6. The van der Waals surface area contributed by atoms with Crippen LogP contribution < -0.4 is 5.32 Å². The molecule has 10 heteroatoms. The molecule has 1 unspecified atom stereocenters. The summed E-state index contributed by atoms with van der Waals surface area (Å²) < 4.78 is 43.6. The summed E-state index contributed by atoms with van der Waals surface area (Å²) in [6.07, 6.45) is 1.74. The van der Waals surface area contributed by atoms with Gasteiger partial charge >= 0.3 is 0 Å². The number of rotatable bonds is 6. The fraction of sp³-hybridized carbons (Fsp3) is 0.667. The fourth-order valence-corrected chi connectivity index (χ4v) is 5.76. The Balaban J connectivity index is 1.34. The Labute approximate surface area is 183 Å². The van der Waals surface area contributed by atoms with Gasteiger partial charge in [-0.3, -0.25) is 9.69 Å². The second kappa shape index (κ2) is 9.93. The van der Waals surface area contributed by atoms with Gasteiger partial charge in [0.2, 0.25) is 15.9 Å². The van der Waals surface area contributed by atoms with Crippen molar-refractivity contribution in [2.75, 3.05) is 57.9 Å². The summed E-state index contributed by atoms with van der Waals surface area (Å²) in [5, 5.41) is 2.88. The maximum atomic E-state index is 12.9. The van der Waals surface area contributed by atoms with Gasteiger partial charge in [0.15, 0.2) is 6.29 Å². The molecular formula is C21H31N3O6S. The van der Waals surface area contributed by atoms with Gasteiger partial charge in [0.05, 0.1) is 37.4 Å². The minimum absolute atomic E-state index is 0.109. The lowest BCUT2D eigenvalue weighted by Gasteiger charge is -2.36. The Morgan fingerprint density at radius 1 is 1.06 bits per heavy atom. The molecule has 1 atom stereocenters. The summed E-state index contributed by atoms with van der Waals surface area (Å²) in [4.78, 5) is 15.2. The number of likely N-dealkylation sites (tertiary alicyclic amines) is 1. The molecular weight excluding hydrogens is 422 g/mol. The van der Waals surface area contributed by atoms with Gasteiger partial charge in [-0.1, -0.05) is 6.07 Å². The van der Waals surface area contributed by atoms with Crippen LogP contribution in [0, 0.1) is 5.92 Å². The summed E-state index contributed by atoms with van der Waals surface area (Å²) in [5.41, 5.74) is 0.480. The highest BCUT2D eigenvalue weighted by molar-refractivity contribution is 7.89. The number of piperidine rings is 1. The highest BCUT2D eigenvalue weighted by Gasteiger charge is 2.33. The number of hydrogen-bond donors (Lipinski definition) is 1. The van der Waals surface area contributed by atoms with E-state index in [9.17, 15) is 13.2 Å². The maximum absolute atomic E-state index is 12.9. The van der Waals surface area contributed by atoms with Crippen molar-refractivity contribution in [3.63, 3.8) is 0 Å². The summed E-state index contributed by atoms with van der Waals surface area (Å²) in [7, 11) is -3.61. The van der Waals surface area contributed by atoms with Gasteiger partial charge in [0, 0.05) is 24.7 Å². The van der Waals surface area contributed by atoms with Crippen molar-refractivity contribution in [2.24, 2.45) is 5.92 Å². The highest BCUT2D eigenvalue weighted by Crippen LogP contribution is 2.27. The Bertz CT molecular complexity index is 860. The smallest absolute Gasteiger partial charge is 0.243 e. The second-order valence-corrected chi connectivity index (χ2v) is 10.1. The molecule has 172 valence electrons. The third kappa shape index (κ3) is 5.27. The minimum atomic E-state index is -3.61. The van der Waals surface area contributed by atoms with E-state index in [0.717, 1.165) is 25.9 Å². The van der Waals surface area contributed by atoms with Crippen LogP contribution in [0.25, 0.3) is 0 Å². The van der Waals surface area contributed by atoms with Crippen molar-refractivity contribution in [1.82, 2.24) is 9.21 Å². The fourth-order valence-electron chi connectivity index (χ4n) is 4.31.